The van der Waals surface area contributed by atoms with Crippen molar-refractivity contribution in [3.05, 3.63) is 69.4 Å². The van der Waals surface area contributed by atoms with Crippen molar-refractivity contribution >= 4 is 15.9 Å². The monoisotopic (exact) mass is 336 g/mol. The minimum absolute atomic E-state index is 0.326. The summed E-state index contributed by atoms with van der Waals surface area (Å²) >= 11 is 3.30. The van der Waals surface area contributed by atoms with Gasteiger partial charge in [0.1, 0.15) is 5.82 Å². The lowest BCUT2D eigenvalue weighted by Gasteiger charge is -2.13. The molecule has 0 saturated heterocycles. The lowest BCUT2D eigenvalue weighted by molar-refractivity contribution is 0.173. The number of aliphatic hydroxyl groups excluding tert-OH is 1. The highest BCUT2D eigenvalue weighted by Crippen LogP contribution is 2.25. The molecule has 0 spiro atoms. The Balaban J connectivity index is 2.14. The van der Waals surface area contributed by atoms with E-state index < -0.39 is 6.10 Å². The fourth-order valence-corrected chi connectivity index (χ4v) is 2.52. The molecule has 2 rings (SSSR count). The van der Waals surface area contributed by atoms with E-state index in [0.717, 1.165) is 10.0 Å². The molecule has 0 radical (unpaired) electrons. The van der Waals surface area contributed by atoms with Gasteiger partial charge in [0.15, 0.2) is 0 Å². The maximum Gasteiger partial charge on any atom is 0.129 e. The first-order chi connectivity index (χ1) is 9.47. The predicted octanol–water partition coefficient (Wildman–Crippen LogP) is 4.99. The summed E-state index contributed by atoms with van der Waals surface area (Å²) in [5.41, 5.74) is 2.59. The van der Waals surface area contributed by atoms with Crippen LogP contribution >= 0.6 is 15.9 Å². The Morgan fingerprint density at radius 1 is 1.10 bits per heavy atom. The SMILES string of the molecule is CC(C)c1ccc(CC(O)c2cc(Br)ccc2F)cc1. The van der Waals surface area contributed by atoms with Crippen LogP contribution in [0.4, 0.5) is 4.39 Å². The maximum absolute atomic E-state index is 13.7. The molecule has 0 amide bonds. The van der Waals surface area contributed by atoms with E-state index in [0.29, 0.717) is 17.9 Å². The maximum atomic E-state index is 13.7. The summed E-state index contributed by atoms with van der Waals surface area (Å²) in [5.74, 6) is 0.107. The Hall–Kier alpha value is -1.19. The quantitative estimate of drug-likeness (QED) is 0.833. The molecule has 1 nitrogen and oxygen atoms in total. The number of aliphatic hydroxyl groups is 1. The van der Waals surface area contributed by atoms with Crippen LogP contribution in [0.25, 0.3) is 0 Å². The molecular formula is C17H18BrFO. The molecule has 2 aromatic rings. The molecule has 1 unspecified atom stereocenters. The Morgan fingerprint density at radius 3 is 2.35 bits per heavy atom. The number of hydrogen-bond acceptors (Lipinski definition) is 1. The first-order valence-electron chi connectivity index (χ1n) is 6.69. The first kappa shape index (κ1) is 15.2. The fourth-order valence-electron chi connectivity index (χ4n) is 2.14. The second-order valence-corrected chi connectivity index (χ2v) is 6.20. The van der Waals surface area contributed by atoms with Crippen molar-refractivity contribution in [3.63, 3.8) is 0 Å². The molecule has 0 aliphatic heterocycles. The van der Waals surface area contributed by atoms with Gasteiger partial charge in [0, 0.05) is 16.5 Å². The van der Waals surface area contributed by atoms with E-state index in [1.165, 1.54) is 11.6 Å². The van der Waals surface area contributed by atoms with E-state index in [2.05, 4.69) is 41.9 Å². The van der Waals surface area contributed by atoms with E-state index in [9.17, 15) is 9.50 Å². The highest BCUT2D eigenvalue weighted by Gasteiger charge is 2.14. The van der Waals surface area contributed by atoms with Crippen molar-refractivity contribution in [2.45, 2.75) is 32.3 Å². The van der Waals surface area contributed by atoms with Gasteiger partial charge in [0.05, 0.1) is 6.10 Å². The Kier molecular flexibility index (Phi) is 4.95. The molecule has 0 heterocycles. The summed E-state index contributed by atoms with van der Waals surface area (Å²) < 4.78 is 14.5. The largest absolute Gasteiger partial charge is 0.388 e. The topological polar surface area (TPSA) is 20.2 Å². The van der Waals surface area contributed by atoms with Gasteiger partial charge in [-0.05, 0) is 35.2 Å². The van der Waals surface area contributed by atoms with Crippen molar-refractivity contribution < 1.29 is 9.50 Å². The summed E-state index contributed by atoms with van der Waals surface area (Å²) in [4.78, 5) is 0. The van der Waals surface area contributed by atoms with Gasteiger partial charge in [-0.3, -0.25) is 0 Å². The van der Waals surface area contributed by atoms with Crippen LogP contribution in [0.1, 0.15) is 42.6 Å². The van der Waals surface area contributed by atoms with Crippen molar-refractivity contribution in [3.8, 4) is 0 Å². The third-order valence-corrected chi connectivity index (χ3v) is 3.89. The molecule has 20 heavy (non-hydrogen) atoms. The van der Waals surface area contributed by atoms with Gasteiger partial charge in [-0.15, -0.1) is 0 Å². The normalized spacial score (nSPS) is 12.7. The lowest BCUT2D eigenvalue weighted by Crippen LogP contribution is -2.04. The number of hydrogen-bond donors (Lipinski definition) is 1. The van der Waals surface area contributed by atoms with Gasteiger partial charge < -0.3 is 5.11 Å². The van der Waals surface area contributed by atoms with Crippen LogP contribution in [0.2, 0.25) is 0 Å². The van der Waals surface area contributed by atoms with Crippen molar-refractivity contribution in [2.75, 3.05) is 0 Å². The van der Waals surface area contributed by atoms with Crippen LogP contribution < -0.4 is 0 Å². The van der Waals surface area contributed by atoms with Crippen LogP contribution in [0.3, 0.4) is 0 Å². The zero-order valence-corrected chi connectivity index (χ0v) is 13.2. The molecule has 106 valence electrons. The summed E-state index contributed by atoms with van der Waals surface area (Å²) in [6.07, 6.45) is -0.427. The fraction of sp³-hybridized carbons (Fsp3) is 0.294. The zero-order valence-electron chi connectivity index (χ0n) is 11.6. The summed E-state index contributed by atoms with van der Waals surface area (Å²) in [6.45, 7) is 4.28. The standard InChI is InChI=1S/C17H18BrFO/c1-11(2)13-5-3-12(4-6-13)9-17(20)15-10-14(18)7-8-16(15)19/h3-8,10-11,17,20H,9H2,1-2H3. The Morgan fingerprint density at radius 2 is 1.75 bits per heavy atom. The molecule has 0 bridgehead atoms. The Labute approximate surface area is 127 Å². The molecule has 1 atom stereocenters. The first-order valence-corrected chi connectivity index (χ1v) is 7.48. The third-order valence-electron chi connectivity index (χ3n) is 3.39. The van der Waals surface area contributed by atoms with Crippen molar-refractivity contribution in [1.29, 1.82) is 0 Å². The molecule has 0 aromatic heterocycles. The van der Waals surface area contributed by atoms with E-state index in [4.69, 9.17) is 0 Å². The van der Waals surface area contributed by atoms with Crippen LogP contribution in [-0.4, -0.2) is 5.11 Å². The number of rotatable bonds is 4. The lowest BCUT2D eigenvalue weighted by atomic mass is 9.97. The van der Waals surface area contributed by atoms with Gasteiger partial charge >= 0.3 is 0 Å². The van der Waals surface area contributed by atoms with Crippen molar-refractivity contribution in [2.24, 2.45) is 0 Å². The molecule has 2 aromatic carbocycles. The number of halogens is 2. The smallest absolute Gasteiger partial charge is 0.129 e. The van der Waals surface area contributed by atoms with Crippen molar-refractivity contribution in [1.82, 2.24) is 0 Å². The van der Waals surface area contributed by atoms with Crippen LogP contribution in [0.5, 0.6) is 0 Å². The highest BCUT2D eigenvalue weighted by atomic mass is 79.9. The van der Waals surface area contributed by atoms with Gasteiger partial charge in [-0.25, -0.2) is 4.39 Å². The minimum atomic E-state index is -0.836. The third kappa shape index (κ3) is 3.68. The summed E-state index contributed by atoms with van der Waals surface area (Å²) in [7, 11) is 0. The van der Waals surface area contributed by atoms with Gasteiger partial charge in [-0.2, -0.15) is 0 Å². The Bertz CT molecular complexity index is 578. The molecular weight excluding hydrogens is 319 g/mol. The highest BCUT2D eigenvalue weighted by molar-refractivity contribution is 9.10. The van der Waals surface area contributed by atoms with E-state index >= 15 is 0 Å². The summed E-state index contributed by atoms with van der Waals surface area (Å²) in [6, 6.07) is 12.7. The van der Waals surface area contributed by atoms with Gasteiger partial charge in [0.25, 0.3) is 0 Å². The van der Waals surface area contributed by atoms with Crippen LogP contribution in [0.15, 0.2) is 46.9 Å². The van der Waals surface area contributed by atoms with Gasteiger partial charge in [-0.1, -0.05) is 54.0 Å². The predicted molar refractivity (Wildman–Crippen MR) is 83.3 cm³/mol. The summed E-state index contributed by atoms with van der Waals surface area (Å²) in [5, 5.41) is 10.2. The second kappa shape index (κ2) is 6.51. The zero-order chi connectivity index (χ0) is 14.7. The average Bonchev–Trinajstić information content (AvgIpc) is 2.42. The molecule has 0 saturated carbocycles. The van der Waals surface area contributed by atoms with E-state index in [1.54, 1.807) is 12.1 Å². The second-order valence-electron chi connectivity index (χ2n) is 5.28. The van der Waals surface area contributed by atoms with E-state index in [-0.39, 0.29) is 5.82 Å². The van der Waals surface area contributed by atoms with E-state index in [1.807, 2.05) is 12.1 Å². The molecule has 3 heteroatoms. The molecule has 1 N–H and O–H groups in total. The molecule has 0 aliphatic rings. The average molecular weight is 337 g/mol. The minimum Gasteiger partial charge on any atom is -0.388 e. The van der Waals surface area contributed by atoms with Gasteiger partial charge in [0.2, 0.25) is 0 Å². The van der Waals surface area contributed by atoms with Crippen LogP contribution in [-0.2, 0) is 6.42 Å². The molecule has 0 fully saturated rings. The number of benzene rings is 2. The van der Waals surface area contributed by atoms with Crippen LogP contribution in [0, 0.1) is 5.82 Å². The molecule has 0 aliphatic carbocycles.